The van der Waals surface area contributed by atoms with Crippen LogP contribution >= 0.6 is 11.8 Å². The second kappa shape index (κ2) is 9.05. The number of aryl methyl sites for hydroxylation is 1. The normalized spacial score (nSPS) is 15.6. The quantitative estimate of drug-likeness (QED) is 0.422. The van der Waals surface area contributed by atoms with Gasteiger partial charge in [0.15, 0.2) is 11.6 Å². The Morgan fingerprint density at radius 3 is 2.58 bits per heavy atom. The summed E-state index contributed by atoms with van der Waals surface area (Å²) < 4.78 is 44.1. The van der Waals surface area contributed by atoms with Crippen LogP contribution in [-0.4, -0.2) is 50.3 Å². The van der Waals surface area contributed by atoms with Crippen molar-refractivity contribution in [2.24, 2.45) is 7.05 Å². The van der Waals surface area contributed by atoms with E-state index in [1.54, 1.807) is 7.05 Å². The van der Waals surface area contributed by atoms with Crippen molar-refractivity contribution in [3.63, 3.8) is 0 Å². The second-order valence-electron chi connectivity index (χ2n) is 7.20. The summed E-state index contributed by atoms with van der Waals surface area (Å²) in [6, 6.07) is 5.52. The fraction of sp³-hybridized carbons (Fsp3) is 0.263. The van der Waals surface area contributed by atoms with Crippen molar-refractivity contribution in [3.8, 4) is 0 Å². The van der Waals surface area contributed by atoms with Crippen LogP contribution < -0.4 is 10.2 Å². The molecule has 0 spiro atoms. The molecule has 1 aromatic heterocycles. The van der Waals surface area contributed by atoms with E-state index in [0.29, 0.717) is 6.54 Å². The van der Waals surface area contributed by atoms with E-state index in [1.165, 1.54) is 21.7 Å². The molecule has 1 fully saturated rings. The Morgan fingerprint density at radius 1 is 1.27 bits per heavy atom. The van der Waals surface area contributed by atoms with Gasteiger partial charge < -0.3 is 10.2 Å². The summed E-state index contributed by atoms with van der Waals surface area (Å²) >= 11 is 0.948. The monoisotopic (exact) mass is 479 g/mol. The van der Waals surface area contributed by atoms with Gasteiger partial charge in [-0.05, 0) is 46.8 Å². The highest BCUT2D eigenvalue weighted by atomic mass is 32.2. The number of nitrogens with one attached hydrogen (secondary N) is 1. The van der Waals surface area contributed by atoms with E-state index < -0.39 is 34.3 Å². The predicted octanol–water partition coefficient (Wildman–Crippen LogP) is 3.35. The summed E-state index contributed by atoms with van der Waals surface area (Å²) in [6.07, 6.45) is -0.819. The SMILES string of the molecule is Cn1nnnc1Sc1ccc([N+](=O)[O-])cc1C(=O)Nc1c(F)cc(N2CC[C@H](F)C2)cc1F. The summed E-state index contributed by atoms with van der Waals surface area (Å²) in [6.45, 7) is 0.340. The predicted molar refractivity (Wildman–Crippen MR) is 112 cm³/mol. The van der Waals surface area contributed by atoms with Gasteiger partial charge >= 0.3 is 0 Å². The number of halogens is 3. The molecular formula is C19H16F3N7O3S. The number of alkyl halides is 1. The Labute approximate surface area is 188 Å². The highest BCUT2D eigenvalue weighted by molar-refractivity contribution is 7.99. The van der Waals surface area contributed by atoms with E-state index in [-0.39, 0.29) is 40.0 Å². The van der Waals surface area contributed by atoms with Gasteiger partial charge in [-0.2, -0.15) is 0 Å². The molecule has 10 nitrogen and oxygen atoms in total. The number of anilines is 2. The summed E-state index contributed by atoms with van der Waals surface area (Å²) in [5, 5.41) is 24.6. The fourth-order valence-corrected chi connectivity index (χ4v) is 4.14. The van der Waals surface area contributed by atoms with E-state index in [9.17, 15) is 28.1 Å². The maximum atomic E-state index is 14.7. The van der Waals surface area contributed by atoms with E-state index in [2.05, 4.69) is 20.8 Å². The standard InChI is InChI=1S/C19H16F3N7O3S/c1-27-19(24-25-26-27)33-16-3-2-11(29(31)32)6-13(16)18(30)23-17-14(21)7-12(8-15(17)22)28-5-4-10(20)9-28/h2-3,6-8,10H,4-5,9H2,1H3,(H,23,30)/t10-/m0/s1. The Morgan fingerprint density at radius 2 is 2.00 bits per heavy atom. The number of benzene rings is 2. The second-order valence-corrected chi connectivity index (χ2v) is 8.20. The topological polar surface area (TPSA) is 119 Å². The lowest BCUT2D eigenvalue weighted by Crippen LogP contribution is -2.21. The number of nitro groups is 1. The molecule has 0 unspecified atom stereocenters. The number of non-ortho nitro benzene ring substituents is 1. The maximum absolute atomic E-state index is 14.7. The molecule has 1 saturated heterocycles. The molecule has 1 N–H and O–H groups in total. The number of nitro benzene ring substituents is 1. The molecule has 1 aliphatic heterocycles. The van der Waals surface area contributed by atoms with E-state index in [4.69, 9.17) is 0 Å². The minimum atomic E-state index is -1.08. The fourth-order valence-electron chi connectivity index (χ4n) is 3.30. The first-order chi connectivity index (χ1) is 15.7. The third-order valence-corrected chi connectivity index (χ3v) is 6.07. The third kappa shape index (κ3) is 4.74. The van der Waals surface area contributed by atoms with Crippen molar-refractivity contribution in [1.82, 2.24) is 20.2 Å². The summed E-state index contributed by atoms with van der Waals surface area (Å²) in [5.41, 5.74) is -1.14. The molecule has 3 aromatic rings. The van der Waals surface area contributed by atoms with Gasteiger partial charge in [0.05, 0.1) is 10.5 Å². The summed E-state index contributed by atoms with van der Waals surface area (Å²) in [7, 11) is 1.56. The maximum Gasteiger partial charge on any atom is 0.270 e. The van der Waals surface area contributed by atoms with Crippen LogP contribution in [0.2, 0.25) is 0 Å². The van der Waals surface area contributed by atoms with E-state index in [1.807, 2.05) is 0 Å². The Hall–Kier alpha value is -3.68. The number of amides is 1. The summed E-state index contributed by atoms with van der Waals surface area (Å²) in [5.74, 6) is -3.08. The molecule has 4 rings (SSSR count). The number of tetrazole rings is 1. The first kappa shape index (κ1) is 22.5. The molecule has 33 heavy (non-hydrogen) atoms. The Kier molecular flexibility index (Phi) is 6.18. The molecule has 1 amide bonds. The van der Waals surface area contributed by atoms with Crippen LogP contribution in [0, 0.1) is 21.7 Å². The highest BCUT2D eigenvalue weighted by Crippen LogP contribution is 2.33. The largest absolute Gasteiger partial charge is 0.368 e. The van der Waals surface area contributed by atoms with Crippen LogP contribution in [0.15, 0.2) is 40.4 Å². The number of nitrogens with zero attached hydrogens (tertiary/aromatic N) is 6. The van der Waals surface area contributed by atoms with E-state index in [0.717, 1.165) is 30.0 Å². The van der Waals surface area contributed by atoms with Gasteiger partial charge in [0, 0.05) is 42.9 Å². The van der Waals surface area contributed by atoms with Crippen LogP contribution in [0.5, 0.6) is 0 Å². The van der Waals surface area contributed by atoms with Gasteiger partial charge in [-0.15, -0.1) is 5.10 Å². The van der Waals surface area contributed by atoms with Crippen LogP contribution in [0.1, 0.15) is 16.8 Å². The van der Waals surface area contributed by atoms with Crippen LogP contribution in [0.3, 0.4) is 0 Å². The third-order valence-electron chi connectivity index (χ3n) is 4.96. The Balaban J connectivity index is 1.64. The lowest BCUT2D eigenvalue weighted by atomic mass is 10.1. The zero-order valence-electron chi connectivity index (χ0n) is 17.0. The molecule has 0 aliphatic carbocycles. The lowest BCUT2D eigenvalue weighted by molar-refractivity contribution is -0.384. The minimum Gasteiger partial charge on any atom is -0.368 e. The smallest absolute Gasteiger partial charge is 0.270 e. The molecule has 0 radical (unpaired) electrons. The molecule has 172 valence electrons. The lowest BCUT2D eigenvalue weighted by Gasteiger charge is -2.19. The average Bonchev–Trinajstić information content (AvgIpc) is 3.38. The molecule has 0 bridgehead atoms. The number of hydrogen-bond acceptors (Lipinski definition) is 8. The van der Waals surface area contributed by atoms with Gasteiger partial charge in [-0.3, -0.25) is 14.9 Å². The van der Waals surface area contributed by atoms with Gasteiger partial charge in [0.25, 0.3) is 11.6 Å². The summed E-state index contributed by atoms with van der Waals surface area (Å²) in [4.78, 5) is 25.2. The van der Waals surface area contributed by atoms with Crippen LogP contribution in [0.4, 0.5) is 30.2 Å². The molecule has 1 atom stereocenters. The molecule has 14 heteroatoms. The van der Waals surface area contributed by atoms with E-state index >= 15 is 0 Å². The molecular weight excluding hydrogens is 463 g/mol. The van der Waals surface area contributed by atoms with Gasteiger partial charge in [-0.1, -0.05) is 0 Å². The van der Waals surface area contributed by atoms with Crippen LogP contribution in [0.25, 0.3) is 0 Å². The van der Waals surface area contributed by atoms with Crippen LogP contribution in [-0.2, 0) is 7.05 Å². The average molecular weight is 479 g/mol. The number of carbonyl (C=O) groups excluding carboxylic acids is 1. The minimum absolute atomic E-state index is 0.0236. The zero-order chi connectivity index (χ0) is 23.7. The highest BCUT2D eigenvalue weighted by Gasteiger charge is 2.25. The van der Waals surface area contributed by atoms with Crippen molar-refractivity contribution < 1.29 is 22.9 Å². The number of hydrogen-bond donors (Lipinski definition) is 1. The molecule has 0 saturated carbocycles. The van der Waals surface area contributed by atoms with Gasteiger partial charge in [-0.25, -0.2) is 17.9 Å². The number of carbonyl (C=O) groups is 1. The number of rotatable bonds is 6. The zero-order valence-corrected chi connectivity index (χ0v) is 17.9. The van der Waals surface area contributed by atoms with Crippen molar-refractivity contribution in [3.05, 3.63) is 57.6 Å². The van der Waals surface area contributed by atoms with Gasteiger partial charge in [0.2, 0.25) is 5.16 Å². The Bertz CT molecular complexity index is 1220. The molecule has 2 aromatic carbocycles. The van der Waals surface area contributed by atoms with Crippen molar-refractivity contribution in [2.45, 2.75) is 22.6 Å². The van der Waals surface area contributed by atoms with Crippen molar-refractivity contribution in [1.29, 1.82) is 0 Å². The van der Waals surface area contributed by atoms with Crippen molar-refractivity contribution in [2.75, 3.05) is 23.3 Å². The molecule has 1 aliphatic rings. The first-order valence-corrected chi connectivity index (χ1v) is 10.4. The van der Waals surface area contributed by atoms with Gasteiger partial charge in [0.1, 0.15) is 11.9 Å². The first-order valence-electron chi connectivity index (χ1n) is 9.61. The molecule has 2 heterocycles. The number of aromatic nitrogens is 4. The van der Waals surface area contributed by atoms with Crippen molar-refractivity contribution >= 4 is 34.7 Å².